The average molecular weight is 164 g/mol. The van der Waals surface area contributed by atoms with Gasteiger partial charge in [-0.3, -0.25) is 0 Å². The van der Waals surface area contributed by atoms with Gasteiger partial charge in [0.1, 0.15) is 0 Å². The molecule has 0 atom stereocenters. The molecule has 2 saturated carbocycles. The molecular formula is C10H16N2. The molecule has 1 spiro atoms. The minimum atomic E-state index is 0.564. The van der Waals surface area contributed by atoms with Gasteiger partial charge in [0.2, 0.25) is 0 Å². The van der Waals surface area contributed by atoms with Gasteiger partial charge in [0.05, 0.1) is 6.54 Å². The molecule has 0 bridgehead atoms. The second kappa shape index (κ2) is 2.92. The maximum Gasteiger partial charge on any atom is 0.0507 e. The molecule has 12 heavy (non-hydrogen) atoms. The molecule has 2 aliphatic carbocycles. The van der Waals surface area contributed by atoms with Crippen molar-refractivity contribution in [1.29, 1.82) is 0 Å². The fourth-order valence-corrected chi connectivity index (χ4v) is 2.11. The molecule has 0 aromatic carbocycles. The summed E-state index contributed by atoms with van der Waals surface area (Å²) >= 11 is 0. The highest BCUT2D eigenvalue weighted by Crippen LogP contribution is 2.53. The van der Waals surface area contributed by atoms with Crippen LogP contribution in [0.2, 0.25) is 0 Å². The van der Waals surface area contributed by atoms with Crippen LogP contribution in [0.1, 0.15) is 32.1 Å². The number of hydrogen-bond donors (Lipinski definition) is 1. The van der Waals surface area contributed by atoms with Gasteiger partial charge in [0, 0.05) is 11.1 Å². The van der Waals surface area contributed by atoms with E-state index in [0.717, 1.165) is 6.54 Å². The molecule has 2 aliphatic rings. The number of nitrogens with one attached hydrogen (secondary N) is 1. The Morgan fingerprint density at radius 3 is 2.75 bits per heavy atom. The van der Waals surface area contributed by atoms with E-state index in [0.29, 0.717) is 5.41 Å². The number of rotatable bonds is 3. The Bertz CT molecular complexity index is 208. The Morgan fingerprint density at radius 1 is 1.50 bits per heavy atom. The monoisotopic (exact) mass is 164 g/mol. The van der Waals surface area contributed by atoms with Gasteiger partial charge in [0.25, 0.3) is 0 Å². The van der Waals surface area contributed by atoms with E-state index in [1.165, 1.54) is 37.8 Å². The van der Waals surface area contributed by atoms with Gasteiger partial charge in [-0.25, -0.2) is 0 Å². The SMILES string of the molecule is C=CCN/N=C1/CCC12CCC2. The van der Waals surface area contributed by atoms with Crippen molar-refractivity contribution in [3.63, 3.8) is 0 Å². The highest BCUT2D eigenvalue weighted by atomic mass is 15.3. The van der Waals surface area contributed by atoms with Gasteiger partial charge in [-0.1, -0.05) is 12.5 Å². The van der Waals surface area contributed by atoms with Crippen molar-refractivity contribution >= 4 is 5.71 Å². The Balaban J connectivity index is 1.87. The molecule has 2 fully saturated rings. The van der Waals surface area contributed by atoms with Gasteiger partial charge >= 0.3 is 0 Å². The molecular weight excluding hydrogens is 148 g/mol. The predicted molar refractivity (Wildman–Crippen MR) is 51.2 cm³/mol. The molecule has 0 heterocycles. The molecule has 0 radical (unpaired) electrons. The van der Waals surface area contributed by atoms with Crippen molar-refractivity contribution in [1.82, 2.24) is 5.43 Å². The number of nitrogens with zero attached hydrogens (tertiary/aromatic N) is 1. The lowest BCUT2D eigenvalue weighted by atomic mass is 9.55. The Labute approximate surface area is 73.7 Å². The summed E-state index contributed by atoms with van der Waals surface area (Å²) in [5.41, 5.74) is 5.01. The van der Waals surface area contributed by atoms with Crippen molar-refractivity contribution < 1.29 is 0 Å². The highest BCUT2D eigenvalue weighted by Gasteiger charge is 2.48. The third-order valence-corrected chi connectivity index (χ3v) is 3.21. The van der Waals surface area contributed by atoms with Crippen molar-refractivity contribution in [2.75, 3.05) is 6.54 Å². The molecule has 0 aliphatic heterocycles. The zero-order valence-corrected chi connectivity index (χ0v) is 7.47. The van der Waals surface area contributed by atoms with Gasteiger partial charge in [-0.05, 0) is 25.7 Å². The van der Waals surface area contributed by atoms with Crippen LogP contribution in [0.15, 0.2) is 17.8 Å². The first-order chi connectivity index (χ1) is 5.87. The lowest BCUT2D eigenvalue weighted by molar-refractivity contribution is 0.174. The zero-order valence-electron chi connectivity index (χ0n) is 7.47. The quantitative estimate of drug-likeness (QED) is 0.385. The molecule has 0 saturated heterocycles. The fraction of sp³-hybridized carbons (Fsp3) is 0.700. The van der Waals surface area contributed by atoms with E-state index >= 15 is 0 Å². The fourth-order valence-electron chi connectivity index (χ4n) is 2.11. The van der Waals surface area contributed by atoms with E-state index in [4.69, 9.17) is 0 Å². The van der Waals surface area contributed by atoms with Crippen LogP contribution in [0.4, 0.5) is 0 Å². The lowest BCUT2D eigenvalue weighted by Crippen LogP contribution is -2.47. The third kappa shape index (κ3) is 1.06. The molecule has 0 amide bonds. The predicted octanol–water partition coefficient (Wildman–Crippen LogP) is 2.08. The Hall–Kier alpha value is -0.790. The van der Waals surface area contributed by atoms with Crippen LogP contribution in [-0.4, -0.2) is 12.3 Å². The maximum atomic E-state index is 4.39. The van der Waals surface area contributed by atoms with Crippen molar-refractivity contribution in [2.45, 2.75) is 32.1 Å². The summed E-state index contributed by atoms with van der Waals surface area (Å²) in [6.07, 6.45) is 8.59. The molecule has 2 nitrogen and oxygen atoms in total. The summed E-state index contributed by atoms with van der Waals surface area (Å²) in [7, 11) is 0. The maximum absolute atomic E-state index is 4.39. The van der Waals surface area contributed by atoms with Gasteiger partial charge in [-0.15, -0.1) is 6.58 Å². The molecule has 0 aromatic rings. The Morgan fingerprint density at radius 2 is 2.33 bits per heavy atom. The zero-order chi connectivity index (χ0) is 8.44. The van der Waals surface area contributed by atoms with Crippen molar-refractivity contribution in [2.24, 2.45) is 10.5 Å². The normalized spacial score (nSPS) is 27.8. The van der Waals surface area contributed by atoms with Gasteiger partial charge in [-0.2, -0.15) is 5.10 Å². The molecule has 66 valence electrons. The second-order valence-corrected chi connectivity index (χ2v) is 3.84. The molecule has 2 heteroatoms. The van der Waals surface area contributed by atoms with Crippen LogP contribution < -0.4 is 5.43 Å². The third-order valence-electron chi connectivity index (χ3n) is 3.21. The van der Waals surface area contributed by atoms with Crippen molar-refractivity contribution in [3.05, 3.63) is 12.7 Å². The van der Waals surface area contributed by atoms with Gasteiger partial charge in [0.15, 0.2) is 0 Å². The van der Waals surface area contributed by atoms with Crippen molar-refractivity contribution in [3.8, 4) is 0 Å². The summed E-state index contributed by atoms with van der Waals surface area (Å²) in [5.74, 6) is 0. The van der Waals surface area contributed by atoms with Crippen LogP contribution in [0.25, 0.3) is 0 Å². The van der Waals surface area contributed by atoms with E-state index < -0.39 is 0 Å². The lowest BCUT2D eigenvalue weighted by Gasteiger charge is -2.50. The van der Waals surface area contributed by atoms with Crippen LogP contribution in [-0.2, 0) is 0 Å². The van der Waals surface area contributed by atoms with Crippen LogP contribution in [0, 0.1) is 5.41 Å². The van der Waals surface area contributed by atoms with Crippen LogP contribution in [0.3, 0.4) is 0 Å². The van der Waals surface area contributed by atoms with E-state index in [9.17, 15) is 0 Å². The number of hydrogen-bond acceptors (Lipinski definition) is 2. The van der Waals surface area contributed by atoms with Crippen LogP contribution >= 0.6 is 0 Å². The summed E-state index contributed by atoms with van der Waals surface area (Å²) < 4.78 is 0. The first-order valence-electron chi connectivity index (χ1n) is 4.78. The summed E-state index contributed by atoms with van der Waals surface area (Å²) in [5, 5.41) is 4.39. The molecule has 0 aromatic heterocycles. The van der Waals surface area contributed by atoms with E-state index in [2.05, 4.69) is 17.1 Å². The van der Waals surface area contributed by atoms with Gasteiger partial charge < -0.3 is 5.43 Å². The minimum Gasteiger partial charge on any atom is -0.306 e. The molecule has 2 rings (SSSR count). The Kier molecular flexibility index (Phi) is 1.91. The summed E-state index contributed by atoms with van der Waals surface area (Å²) in [6, 6.07) is 0. The van der Waals surface area contributed by atoms with E-state index in [1.807, 2.05) is 6.08 Å². The average Bonchev–Trinajstić information content (AvgIpc) is 1.93. The first kappa shape index (κ1) is 7.84. The van der Waals surface area contributed by atoms with Crippen LogP contribution in [0.5, 0.6) is 0 Å². The molecule has 1 N–H and O–H groups in total. The highest BCUT2D eigenvalue weighted by molar-refractivity contribution is 5.96. The van der Waals surface area contributed by atoms with E-state index in [-0.39, 0.29) is 0 Å². The summed E-state index contributed by atoms with van der Waals surface area (Å²) in [4.78, 5) is 0. The van der Waals surface area contributed by atoms with E-state index in [1.54, 1.807) is 0 Å². The summed E-state index contributed by atoms with van der Waals surface area (Å²) in [6.45, 7) is 4.43. The minimum absolute atomic E-state index is 0.564. The topological polar surface area (TPSA) is 24.4 Å². The smallest absolute Gasteiger partial charge is 0.0507 e. The standard InChI is InChI=1S/C10H16N2/c1-2-8-11-12-9-4-7-10(9)5-3-6-10/h2,11H,1,3-8H2/b12-9-. The first-order valence-corrected chi connectivity index (χ1v) is 4.78. The molecule has 0 unspecified atom stereocenters. The largest absolute Gasteiger partial charge is 0.306 e. The number of hydrazone groups is 1. The second-order valence-electron chi connectivity index (χ2n) is 3.84.